The van der Waals surface area contributed by atoms with E-state index >= 15 is 0 Å². The summed E-state index contributed by atoms with van der Waals surface area (Å²) in [6, 6.07) is 20.1. The van der Waals surface area contributed by atoms with Gasteiger partial charge in [-0.1, -0.05) is 48.5 Å². The fourth-order valence-corrected chi connectivity index (χ4v) is 3.62. The van der Waals surface area contributed by atoms with Gasteiger partial charge in [0.05, 0.1) is 5.69 Å². The minimum atomic E-state index is -0.981. The molecule has 3 aromatic carbocycles. The number of hydrogen-bond acceptors (Lipinski definition) is 3. The molecule has 33 heavy (non-hydrogen) atoms. The molecule has 1 unspecified atom stereocenters. The van der Waals surface area contributed by atoms with Gasteiger partial charge in [0.25, 0.3) is 11.8 Å². The molecular weight excluding hydrogens is 423 g/mol. The highest BCUT2D eigenvalue weighted by Crippen LogP contribution is 2.26. The van der Waals surface area contributed by atoms with E-state index < -0.39 is 23.7 Å². The number of rotatable bonds is 6. The van der Waals surface area contributed by atoms with Crippen LogP contribution in [0.25, 0.3) is 0 Å². The predicted molar refractivity (Wildman–Crippen MR) is 123 cm³/mol. The van der Waals surface area contributed by atoms with Crippen LogP contribution in [-0.2, 0) is 4.79 Å². The van der Waals surface area contributed by atoms with Crippen LogP contribution in [0.4, 0.5) is 20.6 Å². The second kappa shape index (κ2) is 9.95. The van der Waals surface area contributed by atoms with E-state index in [1.165, 1.54) is 23.1 Å². The smallest absolute Gasteiger partial charge is 0.321 e. The van der Waals surface area contributed by atoms with Crippen LogP contribution in [0.5, 0.6) is 0 Å². The molecule has 1 fully saturated rings. The number of nitrogens with one attached hydrogen (secondary N) is 3. The van der Waals surface area contributed by atoms with E-state index in [2.05, 4.69) is 16.0 Å². The number of nitrogens with zero attached hydrogens (tertiary/aromatic N) is 1. The molecule has 0 bridgehead atoms. The van der Waals surface area contributed by atoms with Gasteiger partial charge < -0.3 is 16.0 Å². The van der Waals surface area contributed by atoms with E-state index in [9.17, 15) is 18.8 Å². The number of anilines is 2. The average molecular weight is 446 g/mol. The van der Waals surface area contributed by atoms with Gasteiger partial charge in [-0.15, -0.1) is 0 Å². The van der Waals surface area contributed by atoms with Crippen LogP contribution in [0.15, 0.2) is 78.9 Å². The summed E-state index contributed by atoms with van der Waals surface area (Å²) < 4.78 is 14.5. The van der Waals surface area contributed by atoms with Gasteiger partial charge in [0.15, 0.2) is 0 Å². The molecule has 0 radical (unpaired) electrons. The number of urea groups is 1. The number of carbonyl (C=O) groups excluding carboxylic acids is 3. The largest absolute Gasteiger partial charge is 0.338 e. The first kappa shape index (κ1) is 22.0. The maximum absolute atomic E-state index is 14.5. The summed E-state index contributed by atoms with van der Waals surface area (Å²) >= 11 is 0. The van der Waals surface area contributed by atoms with Crippen molar-refractivity contribution in [1.29, 1.82) is 0 Å². The summed E-state index contributed by atoms with van der Waals surface area (Å²) in [5, 5.41) is 8.19. The minimum absolute atomic E-state index is 0.0783. The van der Waals surface area contributed by atoms with Gasteiger partial charge in [-0.2, -0.15) is 0 Å². The van der Waals surface area contributed by atoms with E-state index in [4.69, 9.17) is 0 Å². The van der Waals surface area contributed by atoms with Gasteiger partial charge in [0.1, 0.15) is 11.9 Å². The van der Waals surface area contributed by atoms with Crippen molar-refractivity contribution in [2.75, 3.05) is 23.3 Å². The lowest BCUT2D eigenvalue weighted by molar-refractivity contribution is -0.118. The lowest BCUT2D eigenvalue weighted by Gasteiger charge is -2.28. The van der Waals surface area contributed by atoms with Crippen molar-refractivity contribution < 1.29 is 18.8 Å². The second-order valence-electron chi connectivity index (χ2n) is 7.58. The highest BCUT2D eigenvalue weighted by atomic mass is 19.1. The molecule has 3 aromatic rings. The molecule has 168 valence electrons. The molecule has 1 aliphatic rings. The monoisotopic (exact) mass is 446 g/mol. The summed E-state index contributed by atoms with van der Waals surface area (Å²) in [7, 11) is 0. The molecule has 8 heteroatoms. The quantitative estimate of drug-likeness (QED) is 0.537. The third kappa shape index (κ3) is 5.17. The number of hydrogen-bond donors (Lipinski definition) is 3. The molecule has 3 N–H and O–H groups in total. The van der Waals surface area contributed by atoms with Gasteiger partial charge in [-0.3, -0.25) is 14.5 Å². The zero-order valence-corrected chi connectivity index (χ0v) is 17.8. The zero-order valence-electron chi connectivity index (χ0n) is 17.8. The highest BCUT2D eigenvalue weighted by Gasteiger charge is 2.25. The van der Waals surface area contributed by atoms with Crippen molar-refractivity contribution in [1.82, 2.24) is 10.6 Å². The lowest BCUT2D eigenvalue weighted by Crippen LogP contribution is -2.46. The molecule has 1 saturated heterocycles. The fourth-order valence-electron chi connectivity index (χ4n) is 3.62. The maximum Gasteiger partial charge on any atom is 0.321 e. The Balaban J connectivity index is 1.57. The van der Waals surface area contributed by atoms with Crippen LogP contribution in [0.3, 0.4) is 0 Å². The second-order valence-corrected chi connectivity index (χ2v) is 7.58. The molecule has 7 nitrogen and oxygen atoms in total. The Morgan fingerprint density at radius 3 is 2.36 bits per heavy atom. The van der Waals surface area contributed by atoms with Crippen LogP contribution < -0.4 is 20.9 Å². The van der Waals surface area contributed by atoms with Gasteiger partial charge in [-0.25, -0.2) is 9.18 Å². The van der Waals surface area contributed by atoms with Crippen LogP contribution in [0, 0.1) is 5.82 Å². The Hall–Kier alpha value is -4.20. The van der Waals surface area contributed by atoms with Gasteiger partial charge in [-0.05, 0) is 42.3 Å². The SMILES string of the molecule is O=C(NC(C(=O)Nc1ccc(F)c(N2CCCNC2=O)c1)c1ccccc1)c1ccccc1. The maximum atomic E-state index is 14.5. The van der Waals surface area contributed by atoms with Crippen molar-refractivity contribution in [2.24, 2.45) is 0 Å². The van der Waals surface area contributed by atoms with E-state index in [0.29, 0.717) is 36.3 Å². The number of benzene rings is 3. The van der Waals surface area contributed by atoms with Crippen LogP contribution in [0.2, 0.25) is 0 Å². The number of amides is 4. The summed E-state index contributed by atoms with van der Waals surface area (Å²) in [6.07, 6.45) is 0.684. The Morgan fingerprint density at radius 2 is 1.67 bits per heavy atom. The zero-order chi connectivity index (χ0) is 23.2. The fraction of sp³-hybridized carbons (Fsp3) is 0.160. The molecule has 0 spiro atoms. The molecule has 4 rings (SSSR count). The van der Waals surface area contributed by atoms with Crippen molar-refractivity contribution in [3.63, 3.8) is 0 Å². The first-order valence-electron chi connectivity index (χ1n) is 10.6. The number of halogens is 1. The van der Waals surface area contributed by atoms with Crippen molar-refractivity contribution in [3.8, 4) is 0 Å². The van der Waals surface area contributed by atoms with Crippen LogP contribution in [0.1, 0.15) is 28.4 Å². The minimum Gasteiger partial charge on any atom is -0.338 e. The Kier molecular flexibility index (Phi) is 6.64. The first-order valence-corrected chi connectivity index (χ1v) is 10.6. The number of carbonyl (C=O) groups is 3. The Labute approximate surface area is 190 Å². The highest BCUT2D eigenvalue weighted by molar-refractivity contribution is 6.02. The van der Waals surface area contributed by atoms with Gasteiger partial charge in [0, 0.05) is 24.3 Å². The van der Waals surface area contributed by atoms with Crippen LogP contribution in [-0.4, -0.2) is 30.9 Å². The third-order valence-corrected chi connectivity index (χ3v) is 5.29. The molecule has 4 amide bonds. The predicted octanol–water partition coefficient (Wildman–Crippen LogP) is 3.86. The van der Waals surface area contributed by atoms with Crippen molar-refractivity contribution in [2.45, 2.75) is 12.5 Å². The Bertz CT molecular complexity index is 1150. The molecular formula is C25H23FN4O3. The summed E-state index contributed by atoms with van der Waals surface area (Å²) in [4.78, 5) is 39.4. The molecule has 1 heterocycles. The third-order valence-electron chi connectivity index (χ3n) is 5.29. The van der Waals surface area contributed by atoms with Gasteiger partial charge >= 0.3 is 6.03 Å². The first-order chi connectivity index (χ1) is 16.0. The lowest BCUT2D eigenvalue weighted by atomic mass is 10.0. The Morgan fingerprint density at radius 1 is 0.970 bits per heavy atom. The molecule has 1 atom stereocenters. The summed E-state index contributed by atoms with van der Waals surface area (Å²) in [5.41, 5.74) is 1.41. The van der Waals surface area contributed by atoms with Crippen molar-refractivity contribution >= 4 is 29.2 Å². The van der Waals surface area contributed by atoms with Gasteiger partial charge in [0.2, 0.25) is 0 Å². The molecule has 1 aliphatic heterocycles. The van der Waals surface area contributed by atoms with E-state index in [-0.39, 0.29) is 11.7 Å². The topological polar surface area (TPSA) is 90.5 Å². The summed E-state index contributed by atoms with van der Waals surface area (Å²) in [6.45, 7) is 0.910. The average Bonchev–Trinajstić information content (AvgIpc) is 2.85. The van der Waals surface area contributed by atoms with E-state index in [1.54, 1.807) is 54.6 Å². The summed E-state index contributed by atoms with van der Waals surface area (Å²) in [5.74, 6) is -1.46. The normalized spacial score (nSPS) is 14.2. The molecule has 0 aliphatic carbocycles. The van der Waals surface area contributed by atoms with Crippen molar-refractivity contribution in [3.05, 3.63) is 95.8 Å². The van der Waals surface area contributed by atoms with Crippen LogP contribution >= 0.6 is 0 Å². The van der Waals surface area contributed by atoms with E-state index in [0.717, 1.165) is 0 Å². The standard InChI is InChI=1S/C25H23FN4O3/c26-20-13-12-19(16-21(20)30-15-7-14-27-25(30)33)28-24(32)22(17-8-3-1-4-9-17)29-23(31)18-10-5-2-6-11-18/h1-6,8-13,16,22H,7,14-15H2,(H,27,33)(H,28,32)(H,29,31). The molecule has 0 aromatic heterocycles. The van der Waals surface area contributed by atoms with E-state index in [1.807, 2.05) is 6.07 Å². The molecule has 0 saturated carbocycles.